The number of para-hydroxylation sites is 1. The van der Waals surface area contributed by atoms with Gasteiger partial charge in [0.05, 0.1) is 17.2 Å². The number of hydrogen-bond donors (Lipinski definition) is 2. The predicted molar refractivity (Wildman–Crippen MR) is 70.1 cm³/mol. The van der Waals surface area contributed by atoms with Gasteiger partial charge in [-0.3, -0.25) is 0 Å². The van der Waals surface area contributed by atoms with E-state index in [4.69, 9.17) is 0 Å². The van der Waals surface area contributed by atoms with Crippen LogP contribution in [0.15, 0.2) is 30.5 Å². The van der Waals surface area contributed by atoms with E-state index in [1.54, 1.807) is 11.3 Å². The number of rotatable bonds is 2. The molecule has 0 radical (unpaired) electrons. The second-order valence-corrected chi connectivity index (χ2v) is 5.02. The minimum absolute atomic E-state index is 0.0614. The molecule has 0 aliphatic heterocycles. The number of thiazole rings is 1. The fourth-order valence-corrected chi connectivity index (χ4v) is 2.89. The standard InChI is InChI=1S/C13H12N2OS/c1-8-12(7-16)17-13(15-8)10-6-14-11-5-3-2-4-9(10)11/h2-6,14,16H,7H2,1H3. The van der Waals surface area contributed by atoms with E-state index in [-0.39, 0.29) is 6.61 Å². The average Bonchev–Trinajstić information content (AvgIpc) is 2.92. The van der Waals surface area contributed by atoms with Gasteiger partial charge in [0.15, 0.2) is 0 Å². The van der Waals surface area contributed by atoms with E-state index in [0.29, 0.717) is 0 Å². The molecule has 4 heteroatoms. The lowest BCUT2D eigenvalue weighted by Crippen LogP contribution is -1.80. The summed E-state index contributed by atoms with van der Waals surface area (Å²) in [5, 5.41) is 11.3. The van der Waals surface area contributed by atoms with Crippen molar-refractivity contribution in [3.63, 3.8) is 0 Å². The fourth-order valence-electron chi connectivity index (χ4n) is 1.94. The van der Waals surface area contributed by atoms with Gasteiger partial charge in [-0.15, -0.1) is 11.3 Å². The SMILES string of the molecule is Cc1nc(-c2c[nH]c3ccccc23)sc1CO. The van der Waals surface area contributed by atoms with Crippen LogP contribution in [0.5, 0.6) is 0 Å². The Morgan fingerprint density at radius 3 is 2.94 bits per heavy atom. The Morgan fingerprint density at radius 2 is 2.18 bits per heavy atom. The summed E-state index contributed by atoms with van der Waals surface area (Å²) in [6.07, 6.45) is 1.98. The highest BCUT2D eigenvalue weighted by molar-refractivity contribution is 7.15. The number of aliphatic hydroxyl groups is 1. The highest BCUT2D eigenvalue weighted by atomic mass is 32.1. The van der Waals surface area contributed by atoms with Crippen LogP contribution >= 0.6 is 11.3 Å². The van der Waals surface area contributed by atoms with Crippen LogP contribution in [0.2, 0.25) is 0 Å². The summed E-state index contributed by atoms with van der Waals surface area (Å²) in [5.41, 5.74) is 3.13. The van der Waals surface area contributed by atoms with Crippen LogP contribution < -0.4 is 0 Å². The monoisotopic (exact) mass is 244 g/mol. The summed E-state index contributed by atoms with van der Waals surface area (Å²) in [7, 11) is 0. The maximum absolute atomic E-state index is 9.21. The van der Waals surface area contributed by atoms with Crippen LogP contribution in [0, 0.1) is 6.92 Å². The molecule has 0 saturated heterocycles. The van der Waals surface area contributed by atoms with Gasteiger partial charge in [0.1, 0.15) is 5.01 Å². The Bertz CT molecular complexity index is 669. The Labute approximate surface area is 103 Å². The van der Waals surface area contributed by atoms with E-state index >= 15 is 0 Å². The molecule has 2 N–H and O–H groups in total. The van der Waals surface area contributed by atoms with Crippen molar-refractivity contribution in [3.05, 3.63) is 41.0 Å². The molecule has 0 unspecified atom stereocenters. The van der Waals surface area contributed by atoms with Gasteiger partial charge in [0, 0.05) is 22.7 Å². The summed E-state index contributed by atoms with van der Waals surface area (Å²) >= 11 is 1.55. The third kappa shape index (κ3) is 1.66. The molecule has 2 aromatic heterocycles. The first-order valence-electron chi connectivity index (χ1n) is 5.43. The highest BCUT2D eigenvalue weighted by Gasteiger charge is 2.12. The topological polar surface area (TPSA) is 48.9 Å². The van der Waals surface area contributed by atoms with E-state index in [2.05, 4.69) is 16.0 Å². The van der Waals surface area contributed by atoms with Gasteiger partial charge in [-0.2, -0.15) is 0 Å². The van der Waals surface area contributed by atoms with Crippen LogP contribution in [-0.2, 0) is 6.61 Å². The number of aryl methyl sites for hydroxylation is 1. The molecule has 0 fully saturated rings. The van der Waals surface area contributed by atoms with Crippen molar-refractivity contribution in [1.82, 2.24) is 9.97 Å². The summed E-state index contributed by atoms with van der Waals surface area (Å²) in [6, 6.07) is 8.16. The Kier molecular flexibility index (Phi) is 2.46. The first-order chi connectivity index (χ1) is 8.29. The Balaban J connectivity index is 2.20. The van der Waals surface area contributed by atoms with Crippen molar-refractivity contribution in [1.29, 1.82) is 0 Å². The number of aromatic nitrogens is 2. The van der Waals surface area contributed by atoms with Crippen LogP contribution in [0.25, 0.3) is 21.5 Å². The molecule has 0 atom stereocenters. The lowest BCUT2D eigenvalue weighted by Gasteiger charge is -1.92. The molecule has 2 heterocycles. The van der Waals surface area contributed by atoms with Crippen molar-refractivity contribution >= 4 is 22.2 Å². The lowest BCUT2D eigenvalue weighted by molar-refractivity contribution is 0.284. The molecule has 0 spiro atoms. The molecular weight excluding hydrogens is 232 g/mol. The van der Waals surface area contributed by atoms with Crippen LogP contribution in [0.1, 0.15) is 10.6 Å². The van der Waals surface area contributed by atoms with Gasteiger partial charge >= 0.3 is 0 Å². The first kappa shape index (κ1) is 10.5. The van der Waals surface area contributed by atoms with Crippen molar-refractivity contribution < 1.29 is 5.11 Å². The molecule has 3 aromatic rings. The summed E-state index contributed by atoms with van der Waals surface area (Å²) in [6.45, 7) is 1.99. The smallest absolute Gasteiger partial charge is 0.126 e. The number of aromatic amines is 1. The zero-order chi connectivity index (χ0) is 11.8. The maximum Gasteiger partial charge on any atom is 0.126 e. The van der Waals surface area contributed by atoms with Crippen molar-refractivity contribution in [2.24, 2.45) is 0 Å². The summed E-state index contributed by atoms with van der Waals surface area (Å²) < 4.78 is 0. The number of nitrogens with one attached hydrogen (secondary N) is 1. The van der Waals surface area contributed by atoms with Gasteiger partial charge in [-0.25, -0.2) is 4.98 Å². The fraction of sp³-hybridized carbons (Fsp3) is 0.154. The van der Waals surface area contributed by atoms with E-state index in [1.165, 1.54) is 5.39 Å². The summed E-state index contributed by atoms with van der Waals surface area (Å²) in [5.74, 6) is 0. The molecule has 86 valence electrons. The molecule has 0 amide bonds. The average molecular weight is 244 g/mol. The lowest BCUT2D eigenvalue weighted by atomic mass is 10.2. The zero-order valence-corrected chi connectivity index (χ0v) is 10.2. The minimum atomic E-state index is 0.0614. The zero-order valence-electron chi connectivity index (χ0n) is 9.40. The highest BCUT2D eigenvalue weighted by Crippen LogP contribution is 2.33. The van der Waals surface area contributed by atoms with Crippen LogP contribution in [-0.4, -0.2) is 15.1 Å². The summed E-state index contributed by atoms with van der Waals surface area (Å²) in [4.78, 5) is 8.69. The molecule has 3 rings (SSSR count). The van der Waals surface area contributed by atoms with Crippen molar-refractivity contribution in [2.45, 2.75) is 13.5 Å². The van der Waals surface area contributed by atoms with Gasteiger partial charge in [-0.1, -0.05) is 18.2 Å². The molecule has 0 saturated carbocycles. The van der Waals surface area contributed by atoms with E-state index in [0.717, 1.165) is 26.7 Å². The second-order valence-electron chi connectivity index (χ2n) is 3.93. The molecule has 0 aliphatic carbocycles. The van der Waals surface area contributed by atoms with Gasteiger partial charge in [0.25, 0.3) is 0 Å². The Morgan fingerprint density at radius 1 is 1.35 bits per heavy atom. The largest absolute Gasteiger partial charge is 0.391 e. The number of nitrogens with zero attached hydrogens (tertiary/aromatic N) is 1. The van der Waals surface area contributed by atoms with Gasteiger partial charge < -0.3 is 10.1 Å². The van der Waals surface area contributed by atoms with Crippen LogP contribution in [0.4, 0.5) is 0 Å². The van der Waals surface area contributed by atoms with Crippen molar-refractivity contribution in [2.75, 3.05) is 0 Å². The van der Waals surface area contributed by atoms with E-state index in [1.807, 2.05) is 31.3 Å². The van der Waals surface area contributed by atoms with E-state index < -0.39 is 0 Å². The number of hydrogen-bond acceptors (Lipinski definition) is 3. The number of H-pyrrole nitrogens is 1. The van der Waals surface area contributed by atoms with Gasteiger partial charge in [-0.05, 0) is 13.0 Å². The maximum atomic E-state index is 9.21. The number of fused-ring (bicyclic) bond motifs is 1. The quantitative estimate of drug-likeness (QED) is 0.727. The molecule has 1 aromatic carbocycles. The molecule has 17 heavy (non-hydrogen) atoms. The van der Waals surface area contributed by atoms with Gasteiger partial charge in [0.2, 0.25) is 0 Å². The van der Waals surface area contributed by atoms with E-state index in [9.17, 15) is 5.11 Å². The number of aliphatic hydroxyl groups excluding tert-OH is 1. The third-order valence-corrected chi connectivity index (χ3v) is 4.03. The Hall–Kier alpha value is -1.65. The molecule has 0 aliphatic rings. The normalized spacial score (nSPS) is 11.2. The van der Waals surface area contributed by atoms with Crippen molar-refractivity contribution in [3.8, 4) is 10.6 Å². The minimum Gasteiger partial charge on any atom is -0.391 e. The predicted octanol–water partition coefficient (Wildman–Crippen LogP) is 3.09. The number of benzene rings is 1. The third-order valence-electron chi connectivity index (χ3n) is 2.86. The molecule has 3 nitrogen and oxygen atoms in total. The molecule has 0 bridgehead atoms. The first-order valence-corrected chi connectivity index (χ1v) is 6.25. The second kappa shape index (κ2) is 3.98. The van der Waals surface area contributed by atoms with Crippen LogP contribution in [0.3, 0.4) is 0 Å². The molecular formula is C13H12N2OS.